The van der Waals surface area contributed by atoms with Gasteiger partial charge >= 0.3 is 5.97 Å². The van der Waals surface area contributed by atoms with Crippen LogP contribution < -0.4 is 5.32 Å². The van der Waals surface area contributed by atoms with Crippen molar-refractivity contribution in [3.8, 4) is 0 Å². The van der Waals surface area contributed by atoms with Crippen molar-refractivity contribution >= 4 is 68.5 Å². The minimum atomic E-state index is -0.923. The first-order valence-corrected chi connectivity index (χ1v) is 12.6. The Morgan fingerprint density at radius 2 is 1.94 bits per heavy atom. The summed E-state index contributed by atoms with van der Waals surface area (Å²) in [6, 6.07) is 3.49. The Morgan fingerprint density at radius 3 is 2.58 bits per heavy atom. The highest BCUT2D eigenvalue weighted by molar-refractivity contribution is 7.18. The highest BCUT2D eigenvalue weighted by Gasteiger charge is 2.28. The molecule has 0 aliphatic carbocycles. The molecular formula is C24H28Cl2N2O4S. The fourth-order valence-corrected chi connectivity index (χ4v) is 5.55. The highest BCUT2D eigenvalue weighted by Crippen LogP contribution is 2.37. The van der Waals surface area contributed by atoms with Crippen molar-refractivity contribution in [3.63, 3.8) is 0 Å². The van der Waals surface area contributed by atoms with Gasteiger partial charge in [-0.15, -0.1) is 11.3 Å². The number of halogens is 2. The number of hydrogen-bond donors (Lipinski definition) is 2. The van der Waals surface area contributed by atoms with E-state index in [9.17, 15) is 14.4 Å². The van der Waals surface area contributed by atoms with Gasteiger partial charge in [0.1, 0.15) is 0 Å². The Kier molecular flexibility index (Phi) is 8.79. The quantitative estimate of drug-likeness (QED) is 0.461. The Balaban J connectivity index is 1.56. The van der Waals surface area contributed by atoms with E-state index in [-0.39, 0.29) is 36.1 Å². The second-order valence-corrected chi connectivity index (χ2v) is 10.5. The third-order valence-corrected chi connectivity index (χ3v) is 7.70. The SMILES string of the molecule is CC(C)C[C@@H](CC(=O)O)NC(=O)C1CCN(C(=O)/C=C/c2cc3ccsc3c(Cl)c2Cl)CC1. The summed E-state index contributed by atoms with van der Waals surface area (Å²) >= 11 is 14.2. The van der Waals surface area contributed by atoms with Crippen LogP contribution in [0.25, 0.3) is 16.2 Å². The lowest BCUT2D eigenvalue weighted by Crippen LogP contribution is -2.45. The van der Waals surface area contributed by atoms with E-state index in [1.54, 1.807) is 11.0 Å². The molecular weight excluding hydrogens is 483 g/mol. The predicted molar refractivity (Wildman–Crippen MR) is 134 cm³/mol. The number of benzene rings is 1. The fraction of sp³-hybridized carbons (Fsp3) is 0.458. The molecule has 2 heterocycles. The molecule has 2 amide bonds. The van der Waals surface area contributed by atoms with Gasteiger partial charge in [0.15, 0.2) is 0 Å². The van der Waals surface area contributed by atoms with Crippen LogP contribution in [-0.2, 0) is 14.4 Å². The molecule has 2 N–H and O–H groups in total. The first-order chi connectivity index (χ1) is 15.7. The molecule has 33 heavy (non-hydrogen) atoms. The zero-order valence-corrected chi connectivity index (χ0v) is 21.0. The standard InChI is InChI=1S/C24H28Cl2N2O4S/c1-14(2)11-18(13-20(30)31)27-24(32)15-5-8-28(9-6-15)19(29)4-3-16-12-17-7-10-33-23(17)22(26)21(16)25/h3-4,7,10,12,14-15,18H,5-6,8-9,11,13H2,1-2H3,(H,27,32)(H,30,31)/b4-3+/t18-/m0/s1. The number of carboxylic acid groups (broad SMARTS) is 1. The zero-order chi connectivity index (χ0) is 24.1. The molecule has 0 unspecified atom stereocenters. The van der Waals surface area contributed by atoms with Crippen molar-refractivity contribution < 1.29 is 19.5 Å². The number of carbonyl (C=O) groups is 3. The van der Waals surface area contributed by atoms with Crippen molar-refractivity contribution in [2.24, 2.45) is 11.8 Å². The van der Waals surface area contributed by atoms with Crippen LogP contribution in [0.2, 0.25) is 10.0 Å². The molecule has 1 saturated heterocycles. The number of amides is 2. The van der Waals surface area contributed by atoms with Crippen LogP contribution in [-0.4, -0.2) is 46.9 Å². The number of piperidine rings is 1. The highest BCUT2D eigenvalue weighted by atomic mass is 35.5. The maximum Gasteiger partial charge on any atom is 0.305 e. The summed E-state index contributed by atoms with van der Waals surface area (Å²) in [7, 11) is 0. The number of carboxylic acids is 1. The summed E-state index contributed by atoms with van der Waals surface area (Å²) in [5.74, 6) is -1.14. The van der Waals surface area contributed by atoms with Crippen LogP contribution in [0.4, 0.5) is 0 Å². The number of nitrogens with one attached hydrogen (secondary N) is 1. The van der Waals surface area contributed by atoms with Gasteiger partial charge < -0.3 is 15.3 Å². The summed E-state index contributed by atoms with van der Waals surface area (Å²) in [5, 5.41) is 15.8. The lowest BCUT2D eigenvalue weighted by molar-refractivity contribution is -0.138. The van der Waals surface area contributed by atoms with Crippen LogP contribution in [0.15, 0.2) is 23.6 Å². The van der Waals surface area contributed by atoms with Crippen LogP contribution in [0, 0.1) is 11.8 Å². The monoisotopic (exact) mass is 510 g/mol. The van der Waals surface area contributed by atoms with Gasteiger partial charge in [0.2, 0.25) is 11.8 Å². The normalized spacial score (nSPS) is 16.0. The Hall–Kier alpha value is -2.09. The van der Waals surface area contributed by atoms with E-state index in [2.05, 4.69) is 5.32 Å². The largest absolute Gasteiger partial charge is 0.481 e. The smallest absolute Gasteiger partial charge is 0.305 e. The summed E-state index contributed by atoms with van der Waals surface area (Å²) in [4.78, 5) is 38.2. The van der Waals surface area contributed by atoms with Gasteiger partial charge in [-0.1, -0.05) is 37.0 Å². The van der Waals surface area contributed by atoms with Gasteiger partial charge in [0.25, 0.3) is 0 Å². The molecule has 1 aromatic heterocycles. The number of carbonyl (C=O) groups excluding carboxylic acids is 2. The molecule has 1 aliphatic rings. The second-order valence-electron chi connectivity index (χ2n) is 8.80. The van der Waals surface area contributed by atoms with Crippen LogP contribution >= 0.6 is 34.5 Å². The number of rotatable bonds is 8. The molecule has 0 spiro atoms. The van der Waals surface area contributed by atoms with Crippen molar-refractivity contribution in [1.29, 1.82) is 0 Å². The molecule has 2 aromatic rings. The van der Waals surface area contributed by atoms with Crippen molar-refractivity contribution in [3.05, 3.63) is 39.2 Å². The third-order valence-electron chi connectivity index (χ3n) is 5.76. The van der Waals surface area contributed by atoms with Crippen molar-refractivity contribution in [2.75, 3.05) is 13.1 Å². The third kappa shape index (κ3) is 6.71. The lowest BCUT2D eigenvalue weighted by Gasteiger charge is -2.31. The molecule has 0 radical (unpaired) electrons. The van der Waals surface area contributed by atoms with E-state index < -0.39 is 5.97 Å². The molecule has 0 bridgehead atoms. The van der Waals surface area contributed by atoms with Gasteiger partial charge in [-0.2, -0.15) is 0 Å². The number of nitrogens with zero attached hydrogens (tertiary/aromatic N) is 1. The van der Waals surface area contributed by atoms with Crippen LogP contribution in [0.1, 0.15) is 45.1 Å². The number of thiophene rings is 1. The topological polar surface area (TPSA) is 86.7 Å². The van der Waals surface area contributed by atoms with E-state index >= 15 is 0 Å². The van der Waals surface area contributed by atoms with Gasteiger partial charge in [0, 0.05) is 31.1 Å². The minimum absolute atomic E-state index is 0.0875. The van der Waals surface area contributed by atoms with E-state index in [0.717, 1.165) is 10.1 Å². The average molecular weight is 511 g/mol. The van der Waals surface area contributed by atoms with Crippen molar-refractivity contribution in [1.82, 2.24) is 10.2 Å². The maximum atomic E-state index is 12.7. The summed E-state index contributed by atoms with van der Waals surface area (Å²) < 4.78 is 0.921. The van der Waals surface area contributed by atoms with Gasteiger partial charge in [-0.05, 0) is 59.7 Å². The number of fused-ring (bicyclic) bond motifs is 1. The maximum absolute atomic E-state index is 12.7. The molecule has 0 saturated carbocycles. The van der Waals surface area contributed by atoms with Gasteiger partial charge in [-0.25, -0.2) is 0 Å². The molecule has 1 fully saturated rings. The summed E-state index contributed by atoms with van der Waals surface area (Å²) in [5.41, 5.74) is 0.685. The van der Waals surface area contributed by atoms with Gasteiger partial charge in [-0.3, -0.25) is 14.4 Å². The number of likely N-dealkylation sites (tertiary alicyclic amines) is 1. The van der Waals surface area contributed by atoms with E-state index in [4.69, 9.17) is 28.3 Å². The summed E-state index contributed by atoms with van der Waals surface area (Å²) in [6.07, 6.45) is 4.77. The molecule has 1 aliphatic heterocycles. The van der Waals surface area contributed by atoms with Gasteiger partial charge in [0.05, 0.1) is 21.2 Å². The lowest BCUT2D eigenvalue weighted by atomic mass is 9.94. The molecule has 9 heteroatoms. The zero-order valence-electron chi connectivity index (χ0n) is 18.6. The number of aliphatic carboxylic acids is 1. The molecule has 1 atom stereocenters. The Bertz CT molecular complexity index is 1060. The Morgan fingerprint density at radius 1 is 1.24 bits per heavy atom. The second kappa shape index (κ2) is 11.4. The average Bonchev–Trinajstić information content (AvgIpc) is 3.23. The number of hydrogen-bond acceptors (Lipinski definition) is 4. The first kappa shape index (κ1) is 25.5. The van der Waals surface area contributed by atoms with E-state index in [1.165, 1.54) is 17.4 Å². The molecule has 1 aromatic carbocycles. The fourth-order valence-electron chi connectivity index (χ4n) is 4.11. The van der Waals surface area contributed by atoms with E-state index in [1.807, 2.05) is 31.4 Å². The molecule has 6 nitrogen and oxygen atoms in total. The summed E-state index contributed by atoms with van der Waals surface area (Å²) in [6.45, 7) is 4.93. The van der Waals surface area contributed by atoms with Crippen LogP contribution in [0.5, 0.6) is 0 Å². The van der Waals surface area contributed by atoms with Crippen LogP contribution in [0.3, 0.4) is 0 Å². The van der Waals surface area contributed by atoms with Crippen molar-refractivity contribution in [2.45, 2.75) is 45.6 Å². The predicted octanol–water partition coefficient (Wildman–Crippen LogP) is 5.47. The van der Waals surface area contributed by atoms with E-state index in [0.29, 0.717) is 48.0 Å². The minimum Gasteiger partial charge on any atom is -0.481 e. The molecule has 3 rings (SSSR count). The Labute approximate surface area is 207 Å². The first-order valence-electron chi connectivity index (χ1n) is 11.0. The molecule has 178 valence electrons.